The molecule has 3 aromatic rings. The number of hydrogen-bond donors (Lipinski definition) is 1. The predicted octanol–water partition coefficient (Wildman–Crippen LogP) is 4.57. The maximum absolute atomic E-state index is 12.4. The van der Waals surface area contributed by atoms with Gasteiger partial charge in [-0.15, -0.1) is 0 Å². The molecule has 0 radical (unpaired) electrons. The number of benzene rings is 1. The van der Waals surface area contributed by atoms with E-state index in [0.29, 0.717) is 24.0 Å². The van der Waals surface area contributed by atoms with Crippen LogP contribution in [0.4, 0.5) is 5.95 Å². The van der Waals surface area contributed by atoms with Gasteiger partial charge in [-0.1, -0.05) is 25.1 Å². The van der Waals surface area contributed by atoms with E-state index in [2.05, 4.69) is 62.1 Å². The minimum atomic E-state index is -0.268. The second-order valence-corrected chi connectivity index (χ2v) is 10.2. The third kappa shape index (κ3) is 6.55. The molecule has 4 heterocycles. The minimum Gasteiger partial charge on any atom is -0.353 e. The second-order valence-electron chi connectivity index (χ2n) is 10.2. The molecule has 8 heteroatoms. The molecule has 0 bridgehead atoms. The van der Waals surface area contributed by atoms with Gasteiger partial charge in [0.1, 0.15) is 6.61 Å². The summed E-state index contributed by atoms with van der Waals surface area (Å²) in [6, 6.07) is 8.70. The van der Waals surface area contributed by atoms with Gasteiger partial charge in [0.15, 0.2) is 12.1 Å². The maximum Gasteiger partial charge on any atom is 0.225 e. The zero-order valence-corrected chi connectivity index (χ0v) is 21.9. The molecule has 1 atom stereocenters. The molecule has 2 aromatic heterocycles. The molecule has 2 saturated heterocycles. The lowest BCUT2D eigenvalue weighted by atomic mass is 9.97. The fraction of sp³-hybridized carbons (Fsp3) is 0.552. The van der Waals surface area contributed by atoms with Crippen LogP contribution in [0.2, 0.25) is 0 Å². The maximum atomic E-state index is 12.4. The number of carbonyl (C=O) groups is 1. The molecule has 2 aliphatic rings. The predicted molar refractivity (Wildman–Crippen MR) is 145 cm³/mol. The van der Waals surface area contributed by atoms with E-state index in [9.17, 15) is 4.79 Å². The summed E-state index contributed by atoms with van der Waals surface area (Å²) in [6.45, 7) is 7.75. The molecular formula is C29H39N5O3. The van der Waals surface area contributed by atoms with E-state index in [4.69, 9.17) is 9.47 Å². The number of piperidine rings is 1. The number of rotatable bonds is 11. The first-order chi connectivity index (χ1) is 18.2. The van der Waals surface area contributed by atoms with Crippen LogP contribution in [0.25, 0.3) is 10.9 Å². The lowest BCUT2D eigenvalue weighted by Crippen LogP contribution is -2.38. The van der Waals surface area contributed by atoms with Crippen LogP contribution < -0.4 is 10.2 Å². The smallest absolute Gasteiger partial charge is 0.225 e. The average molecular weight is 506 g/mol. The van der Waals surface area contributed by atoms with Gasteiger partial charge < -0.3 is 24.3 Å². The number of carbonyl (C=O) groups excluding carboxylic acids is 1. The molecule has 37 heavy (non-hydrogen) atoms. The van der Waals surface area contributed by atoms with Gasteiger partial charge in [0, 0.05) is 62.3 Å². The topological polar surface area (TPSA) is 81.5 Å². The zero-order chi connectivity index (χ0) is 25.5. The highest BCUT2D eigenvalue weighted by Gasteiger charge is 2.22. The SMILES string of the molecule is CCCn1cc(CNCC2CCN(c3ncc(C(=O)COC4CCCCO4)cn3)CC2)c2ccccc21. The first kappa shape index (κ1) is 25.8. The number of aromatic nitrogens is 3. The molecule has 0 amide bonds. The highest BCUT2D eigenvalue weighted by molar-refractivity contribution is 5.96. The van der Waals surface area contributed by atoms with E-state index in [1.54, 1.807) is 12.4 Å². The van der Waals surface area contributed by atoms with Crippen LogP contribution in [0.3, 0.4) is 0 Å². The highest BCUT2D eigenvalue weighted by Crippen LogP contribution is 2.23. The lowest BCUT2D eigenvalue weighted by Gasteiger charge is -2.32. The number of para-hydroxylation sites is 1. The summed E-state index contributed by atoms with van der Waals surface area (Å²) < 4.78 is 13.5. The van der Waals surface area contributed by atoms with Crippen molar-refractivity contribution in [2.45, 2.75) is 64.8 Å². The largest absolute Gasteiger partial charge is 0.353 e. The molecule has 5 rings (SSSR count). The van der Waals surface area contributed by atoms with Crippen LogP contribution >= 0.6 is 0 Å². The molecule has 8 nitrogen and oxygen atoms in total. The Kier molecular flexibility index (Phi) is 8.81. The Balaban J connectivity index is 1.06. The van der Waals surface area contributed by atoms with Crippen molar-refractivity contribution in [1.29, 1.82) is 0 Å². The quantitative estimate of drug-likeness (QED) is 0.382. The summed E-state index contributed by atoms with van der Waals surface area (Å²) in [5.41, 5.74) is 3.19. The van der Waals surface area contributed by atoms with Crippen molar-refractivity contribution in [2.24, 2.45) is 5.92 Å². The van der Waals surface area contributed by atoms with E-state index in [1.807, 2.05) is 0 Å². The minimum absolute atomic E-state index is 0.00485. The number of Topliss-reactive ketones (excluding diaryl/α,β-unsaturated/α-hetero) is 1. The molecule has 1 aromatic carbocycles. The van der Waals surface area contributed by atoms with Crippen molar-refractivity contribution in [1.82, 2.24) is 19.9 Å². The first-order valence-electron chi connectivity index (χ1n) is 13.8. The molecular weight excluding hydrogens is 466 g/mol. The van der Waals surface area contributed by atoms with Gasteiger partial charge in [0.2, 0.25) is 5.95 Å². The van der Waals surface area contributed by atoms with Crippen molar-refractivity contribution < 1.29 is 14.3 Å². The third-order valence-electron chi connectivity index (χ3n) is 7.48. The number of nitrogens with one attached hydrogen (secondary N) is 1. The van der Waals surface area contributed by atoms with Crippen LogP contribution in [0.5, 0.6) is 0 Å². The number of nitrogens with zero attached hydrogens (tertiary/aromatic N) is 4. The van der Waals surface area contributed by atoms with Gasteiger partial charge in [-0.25, -0.2) is 9.97 Å². The van der Waals surface area contributed by atoms with Gasteiger partial charge in [-0.3, -0.25) is 4.79 Å². The molecule has 0 aliphatic carbocycles. The molecule has 0 saturated carbocycles. The van der Waals surface area contributed by atoms with Crippen molar-refractivity contribution in [3.63, 3.8) is 0 Å². The van der Waals surface area contributed by atoms with Crippen molar-refractivity contribution in [3.8, 4) is 0 Å². The third-order valence-corrected chi connectivity index (χ3v) is 7.48. The van der Waals surface area contributed by atoms with Crippen LogP contribution in [-0.4, -0.2) is 59.5 Å². The molecule has 198 valence electrons. The normalized spacial score (nSPS) is 18.9. The van der Waals surface area contributed by atoms with E-state index >= 15 is 0 Å². The number of anilines is 1. The standard InChI is InChI=1S/C29H39N5O3/c1-2-12-34-20-24(25-7-3-4-8-26(25)34)17-30-16-22-10-13-33(14-11-22)29-31-18-23(19-32-29)27(35)21-37-28-9-5-6-15-36-28/h3-4,7-8,18-20,22,28,30H,2,5-6,9-17,21H2,1H3. The molecule has 2 aliphatic heterocycles. The average Bonchev–Trinajstić information content (AvgIpc) is 3.30. The summed E-state index contributed by atoms with van der Waals surface area (Å²) in [5.74, 6) is 1.23. The van der Waals surface area contributed by atoms with Gasteiger partial charge in [0.25, 0.3) is 0 Å². The summed E-state index contributed by atoms with van der Waals surface area (Å²) >= 11 is 0. The molecule has 1 unspecified atom stereocenters. The van der Waals surface area contributed by atoms with Gasteiger partial charge >= 0.3 is 0 Å². The van der Waals surface area contributed by atoms with Gasteiger partial charge in [0.05, 0.1) is 5.56 Å². The number of ether oxygens (including phenoxy) is 2. The van der Waals surface area contributed by atoms with Crippen LogP contribution in [-0.2, 0) is 22.6 Å². The summed E-state index contributed by atoms with van der Waals surface area (Å²) in [7, 11) is 0. The van der Waals surface area contributed by atoms with Crippen LogP contribution in [0, 0.1) is 5.92 Å². The summed E-state index contributed by atoms with van der Waals surface area (Å²) in [5, 5.41) is 5.06. The Labute approximate surface area is 219 Å². The van der Waals surface area contributed by atoms with Gasteiger partial charge in [-0.2, -0.15) is 0 Å². The Morgan fingerprint density at radius 2 is 1.95 bits per heavy atom. The fourth-order valence-corrected chi connectivity index (χ4v) is 5.36. The lowest BCUT2D eigenvalue weighted by molar-refractivity contribution is -0.155. The number of fused-ring (bicyclic) bond motifs is 1. The van der Waals surface area contributed by atoms with E-state index in [0.717, 1.165) is 71.2 Å². The zero-order valence-electron chi connectivity index (χ0n) is 21.9. The Bertz CT molecular complexity index is 1150. The number of hydrogen-bond acceptors (Lipinski definition) is 7. The van der Waals surface area contributed by atoms with Crippen molar-refractivity contribution >= 4 is 22.6 Å². The first-order valence-corrected chi connectivity index (χ1v) is 13.8. The van der Waals surface area contributed by atoms with E-state index in [-0.39, 0.29) is 18.7 Å². The molecule has 0 spiro atoms. The van der Waals surface area contributed by atoms with Crippen molar-refractivity contribution in [2.75, 3.05) is 37.7 Å². The monoisotopic (exact) mass is 505 g/mol. The molecule has 2 fully saturated rings. The van der Waals surface area contributed by atoms with Crippen LogP contribution in [0.15, 0.2) is 42.9 Å². The Morgan fingerprint density at radius 3 is 2.70 bits per heavy atom. The fourth-order valence-electron chi connectivity index (χ4n) is 5.36. The van der Waals surface area contributed by atoms with Crippen LogP contribution in [0.1, 0.15) is 61.4 Å². The summed E-state index contributed by atoms with van der Waals surface area (Å²) in [4.78, 5) is 23.6. The second kappa shape index (κ2) is 12.6. The summed E-state index contributed by atoms with van der Waals surface area (Å²) in [6.07, 6.45) is 11.6. The number of ketones is 1. The Morgan fingerprint density at radius 1 is 1.14 bits per heavy atom. The van der Waals surface area contributed by atoms with E-state index in [1.165, 1.54) is 16.5 Å². The van der Waals surface area contributed by atoms with E-state index < -0.39 is 0 Å². The number of aryl methyl sites for hydroxylation is 1. The van der Waals surface area contributed by atoms with Gasteiger partial charge in [-0.05, 0) is 62.6 Å². The van der Waals surface area contributed by atoms with Crippen molar-refractivity contribution in [3.05, 3.63) is 54.0 Å². The highest BCUT2D eigenvalue weighted by atomic mass is 16.7. The Hall–Kier alpha value is -2.81. The molecule has 1 N–H and O–H groups in total.